The molecule has 0 radical (unpaired) electrons. The monoisotopic (exact) mass is 1080 g/mol. The van der Waals surface area contributed by atoms with Gasteiger partial charge in [-0.25, -0.2) is 0 Å². The molecule has 0 saturated carbocycles. The normalized spacial score (nSPS) is 12.9. The Morgan fingerprint density at radius 2 is 0.526 bits per heavy atom. The van der Waals surface area contributed by atoms with Gasteiger partial charge in [-0.3, -0.25) is 14.4 Å². The van der Waals surface area contributed by atoms with Crippen molar-refractivity contribution in [3.05, 3.63) is 122 Å². The molecule has 0 amide bonds. The first-order valence-electron chi connectivity index (χ1n) is 32.5. The van der Waals surface area contributed by atoms with E-state index in [1.165, 1.54) is 103 Å². The number of carbonyl (C=O) groups excluding carboxylic acids is 3. The van der Waals surface area contributed by atoms with Crippen molar-refractivity contribution in [3.63, 3.8) is 0 Å². The molecule has 0 aliphatic rings. The Labute approximate surface area is 482 Å². The minimum absolute atomic E-state index is 0.0888. The second kappa shape index (κ2) is 65.3. The highest BCUT2D eigenvalue weighted by molar-refractivity contribution is 5.71. The van der Waals surface area contributed by atoms with E-state index < -0.39 is 6.10 Å². The Morgan fingerprint density at radius 1 is 0.269 bits per heavy atom. The third kappa shape index (κ3) is 62.7. The molecular formula is C72H120O6. The van der Waals surface area contributed by atoms with Crippen molar-refractivity contribution in [2.45, 2.75) is 303 Å². The molecule has 0 rings (SSSR count). The van der Waals surface area contributed by atoms with Crippen LogP contribution in [-0.4, -0.2) is 37.2 Å². The summed E-state index contributed by atoms with van der Waals surface area (Å²) in [6.07, 6.45) is 90.7. The van der Waals surface area contributed by atoms with Crippen molar-refractivity contribution < 1.29 is 28.6 Å². The van der Waals surface area contributed by atoms with Crippen LogP contribution in [0.15, 0.2) is 122 Å². The molecule has 6 heteroatoms. The van der Waals surface area contributed by atoms with E-state index in [0.29, 0.717) is 19.3 Å². The maximum absolute atomic E-state index is 12.9. The third-order valence-corrected chi connectivity index (χ3v) is 13.7. The van der Waals surface area contributed by atoms with Crippen molar-refractivity contribution in [1.82, 2.24) is 0 Å². The number of rotatable bonds is 58. The predicted octanol–water partition coefficient (Wildman–Crippen LogP) is 22.4. The summed E-state index contributed by atoms with van der Waals surface area (Å²) in [6, 6.07) is 0. The van der Waals surface area contributed by atoms with Crippen LogP contribution < -0.4 is 0 Å². The first-order valence-corrected chi connectivity index (χ1v) is 32.5. The maximum Gasteiger partial charge on any atom is 0.306 e. The van der Waals surface area contributed by atoms with Crippen LogP contribution in [0.4, 0.5) is 0 Å². The lowest BCUT2D eigenvalue weighted by atomic mass is 10.0. The quantitative estimate of drug-likeness (QED) is 0.0261. The molecule has 0 aliphatic carbocycles. The van der Waals surface area contributed by atoms with Crippen LogP contribution in [0, 0.1) is 0 Å². The van der Waals surface area contributed by atoms with Gasteiger partial charge in [0.2, 0.25) is 0 Å². The highest BCUT2D eigenvalue weighted by Gasteiger charge is 2.19. The smallest absolute Gasteiger partial charge is 0.306 e. The van der Waals surface area contributed by atoms with Gasteiger partial charge in [-0.15, -0.1) is 0 Å². The average Bonchev–Trinajstić information content (AvgIpc) is 3.44. The van der Waals surface area contributed by atoms with Crippen LogP contribution in [0.5, 0.6) is 0 Å². The maximum atomic E-state index is 12.9. The second-order valence-corrected chi connectivity index (χ2v) is 21.3. The van der Waals surface area contributed by atoms with Gasteiger partial charge in [0.25, 0.3) is 0 Å². The fourth-order valence-corrected chi connectivity index (χ4v) is 8.80. The zero-order valence-electron chi connectivity index (χ0n) is 50.9. The van der Waals surface area contributed by atoms with E-state index in [4.69, 9.17) is 14.2 Å². The molecule has 78 heavy (non-hydrogen) atoms. The van der Waals surface area contributed by atoms with Gasteiger partial charge >= 0.3 is 17.9 Å². The molecule has 1 unspecified atom stereocenters. The Bertz CT molecular complexity index is 1620. The molecule has 0 aromatic heterocycles. The summed E-state index contributed by atoms with van der Waals surface area (Å²) in [4.78, 5) is 38.2. The van der Waals surface area contributed by atoms with Crippen molar-refractivity contribution in [3.8, 4) is 0 Å². The predicted molar refractivity (Wildman–Crippen MR) is 339 cm³/mol. The molecule has 1 atom stereocenters. The highest BCUT2D eigenvalue weighted by Crippen LogP contribution is 2.16. The summed E-state index contributed by atoms with van der Waals surface area (Å²) in [6.45, 7) is 6.41. The Kier molecular flexibility index (Phi) is 61.8. The van der Waals surface area contributed by atoms with E-state index in [2.05, 4.69) is 142 Å². The third-order valence-electron chi connectivity index (χ3n) is 13.7. The van der Waals surface area contributed by atoms with Gasteiger partial charge in [-0.2, -0.15) is 0 Å². The molecule has 0 aromatic rings. The zero-order chi connectivity index (χ0) is 56.4. The van der Waals surface area contributed by atoms with Crippen LogP contribution in [-0.2, 0) is 28.6 Å². The first kappa shape index (κ1) is 73.8. The lowest BCUT2D eigenvalue weighted by molar-refractivity contribution is -0.167. The van der Waals surface area contributed by atoms with Gasteiger partial charge < -0.3 is 14.2 Å². The Morgan fingerprint density at radius 3 is 0.833 bits per heavy atom. The average molecular weight is 1080 g/mol. The van der Waals surface area contributed by atoms with Crippen LogP contribution in [0.25, 0.3) is 0 Å². The number of esters is 3. The molecule has 0 N–H and O–H groups in total. The van der Waals surface area contributed by atoms with Crippen molar-refractivity contribution in [2.24, 2.45) is 0 Å². The Hall–Kier alpha value is -4.19. The van der Waals surface area contributed by atoms with Crippen molar-refractivity contribution in [1.29, 1.82) is 0 Å². The largest absolute Gasteiger partial charge is 0.462 e. The standard InChI is InChI=1S/C72H120O6/c1-4-7-10-13-16-19-22-25-27-28-29-30-31-32-33-34-35-36-37-38-39-40-41-42-43-44-45-48-50-53-56-59-62-65-71(74)77-68-69(67-76-70(73)64-61-58-55-52-49-46-24-21-18-15-12-9-6-3)78-72(75)66-63-60-57-54-51-47-26-23-20-17-14-11-8-5-2/h7,10,12,14-17,19,21,23-27,29-30,32-33,35-36,69H,4-6,8-9,11,13,18,20,22,28,31,34,37-68H2,1-3H3/b10-7-,15-12-,17-14-,19-16-,24-21-,26-23-,27-25-,30-29-,33-32-,36-35-. The van der Waals surface area contributed by atoms with E-state index in [1.54, 1.807) is 0 Å². The second-order valence-electron chi connectivity index (χ2n) is 21.3. The van der Waals surface area contributed by atoms with Gasteiger partial charge in [0, 0.05) is 19.3 Å². The van der Waals surface area contributed by atoms with Crippen LogP contribution in [0.3, 0.4) is 0 Å². The van der Waals surface area contributed by atoms with Gasteiger partial charge in [-0.1, -0.05) is 277 Å². The van der Waals surface area contributed by atoms with Crippen LogP contribution >= 0.6 is 0 Å². The first-order chi connectivity index (χ1) is 38.5. The molecule has 0 saturated heterocycles. The van der Waals surface area contributed by atoms with Crippen molar-refractivity contribution >= 4 is 17.9 Å². The minimum Gasteiger partial charge on any atom is -0.462 e. The van der Waals surface area contributed by atoms with Crippen LogP contribution in [0.2, 0.25) is 0 Å². The molecule has 0 bridgehead atoms. The van der Waals surface area contributed by atoms with Crippen molar-refractivity contribution in [2.75, 3.05) is 13.2 Å². The molecule has 0 spiro atoms. The fourth-order valence-electron chi connectivity index (χ4n) is 8.80. The van der Waals surface area contributed by atoms with E-state index in [-0.39, 0.29) is 31.1 Å². The molecule has 444 valence electrons. The van der Waals surface area contributed by atoms with Gasteiger partial charge in [-0.05, 0) is 122 Å². The topological polar surface area (TPSA) is 78.9 Å². The van der Waals surface area contributed by atoms with E-state index in [9.17, 15) is 14.4 Å². The number of allylic oxidation sites excluding steroid dienone is 20. The van der Waals surface area contributed by atoms with E-state index in [1.807, 2.05) is 0 Å². The molecule has 0 aromatic carbocycles. The number of carbonyl (C=O) groups is 3. The SMILES string of the molecule is CC/C=C\C/C=C\C/C=C\C/C=C\C/C=C\C/C=C\CCCCCCCCCCCCCCCCC(=O)OCC(COC(=O)CCCCCCC/C=C\C/C=C\CCC)OC(=O)CCCCCCC/C=C\C/C=C\CCCC. The van der Waals surface area contributed by atoms with Crippen LogP contribution in [0.1, 0.15) is 297 Å². The summed E-state index contributed by atoms with van der Waals surface area (Å²) in [5, 5.41) is 0. The molecule has 0 heterocycles. The number of hydrogen-bond donors (Lipinski definition) is 0. The van der Waals surface area contributed by atoms with E-state index >= 15 is 0 Å². The number of hydrogen-bond acceptors (Lipinski definition) is 6. The molecule has 0 aliphatic heterocycles. The number of unbranched alkanes of at least 4 members (excludes halogenated alkanes) is 27. The minimum atomic E-state index is -0.793. The van der Waals surface area contributed by atoms with Gasteiger partial charge in [0.05, 0.1) is 0 Å². The fraction of sp³-hybridized carbons (Fsp3) is 0.681. The summed E-state index contributed by atoms with van der Waals surface area (Å²) in [7, 11) is 0. The highest BCUT2D eigenvalue weighted by atomic mass is 16.6. The van der Waals surface area contributed by atoms with Gasteiger partial charge in [0.15, 0.2) is 6.10 Å². The molecular weight excluding hydrogens is 961 g/mol. The lowest BCUT2D eigenvalue weighted by Crippen LogP contribution is -2.30. The number of ether oxygens (including phenoxy) is 3. The molecule has 6 nitrogen and oxygen atoms in total. The van der Waals surface area contributed by atoms with E-state index in [0.717, 1.165) is 154 Å². The van der Waals surface area contributed by atoms with Gasteiger partial charge in [0.1, 0.15) is 13.2 Å². The lowest BCUT2D eigenvalue weighted by Gasteiger charge is -2.18. The Balaban J connectivity index is 4.19. The summed E-state index contributed by atoms with van der Waals surface area (Å²) < 4.78 is 16.9. The summed E-state index contributed by atoms with van der Waals surface area (Å²) in [5.74, 6) is -0.914. The molecule has 0 fully saturated rings. The summed E-state index contributed by atoms with van der Waals surface area (Å²) in [5.41, 5.74) is 0. The summed E-state index contributed by atoms with van der Waals surface area (Å²) >= 11 is 0. The zero-order valence-corrected chi connectivity index (χ0v) is 50.9.